The number of benzene rings is 2. The van der Waals surface area contributed by atoms with E-state index in [0.29, 0.717) is 5.69 Å². The van der Waals surface area contributed by atoms with Crippen LogP contribution in [0, 0.1) is 0 Å². The second kappa shape index (κ2) is 8.70. The summed E-state index contributed by atoms with van der Waals surface area (Å²) in [6, 6.07) is 14.7. The second-order valence-electron chi connectivity index (χ2n) is 5.77. The molecule has 3 rings (SSSR count). The first-order chi connectivity index (χ1) is 13.1. The highest BCUT2D eigenvalue weighted by Crippen LogP contribution is 2.20. The zero-order valence-electron chi connectivity index (χ0n) is 15.0. The number of rotatable bonds is 7. The molecule has 8 heteroatoms. The summed E-state index contributed by atoms with van der Waals surface area (Å²) in [5.74, 6) is 0.369. The van der Waals surface area contributed by atoms with Crippen LogP contribution in [-0.2, 0) is 6.54 Å². The average molecular weight is 384 g/mol. The highest BCUT2D eigenvalue weighted by Gasteiger charge is 2.15. The normalized spacial score (nSPS) is 11.8. The first-order valence-electron chi connectivity index (χ1n) is 8.26. The van der Waals surface area contributed by atoms with Crippen molar-refractivity contribution in [2.24, 2.45) is 0 Å². The van der Waals surface area contributed by atoms with E-state index in [1.807, 2.05) is 30.5 Å². The molecular weight excluding hydrogens is 364 g/mol. The van der Waals surface area contributed by atoms with E-state index in [1.54, 1.807) is 43.1 Å². The van der Waals surface area contributed by atoms with E-state index in [4.69, 9.17) is 4.74 Å². The van der Waals surface area contributed by atoms with Crippen LogP contribution >= 0.6 is 11.8 Å². The molecule has 2 aromatic carbocycles. The molecule has 0 aliphatic carbocycles. The maximum absolute atomic E-state index is 12.3. The van der Waals surface area contributed by atoms with Crippen molar-refractivity contribution < 1.29 is 14.6 Å². The van der Waals surface area contributed by atoms with Gasteiger partial charge in [-0.3, -0.25) is 4.79 Å². The summed E-state index contributed by atoms with van der Waals surface area (Å²) in [5.41, 5.74) is 1.41. The lowest BCUT2D eigenvalue weighted by Crippen LogP contribution is -2.15. The summed E-state index contributed by atoms with van der Waals surface area (Å²) in [6.07, 6.45) is 2.63. The van der Waals surface area contributed by atoms with Gasteiger partial charge in [-0.1, -0.05) is 18.2 Å². The Labute approximate surface area is 161 Å². The van der Waals surface area contributed by atoms with Gasteiger partial charge in [-0.15, -0.1) is 16.9 Å². The predicted molar refractivity (Wildman–Crippen MR) is 104 cm³/mol. The highest BCUT2D eigenvalue weighted by molar-refractivity contribution is 7.98. The van der Waals surface area contributed by atoms with Crippen LogP contribution < -0.4 is 10.1 Å². The Bertz CT molecular complexity index is 911. The number of ether oxygens (including phenoxy) is 1. The molecule has 7 nitrogen and oxygen atoms in total. The van der Waals surface area contributed by atoms with Crippen molar-refractivity contribution in [3.63, 3.8) is 0 Å². The Balaban J connectivity index is 1.63. The maximum Gasteiger partial charge on any atom is 0.295 e. The molecule has 0 unspecified atom stereocenters. The Morgan fingerprint density at radius 1 is 1.30 bits per heavy atom. The fourth-order valence-electron chi connectivity index (χ4n) is 2.48. The van der Waals surface area contributed by atoms with Crippen LogP contribution in [0.4, 0.5) is 5.69 Å². The van der Waals surface area contributed by atoms with Gasteiger partial charge < -0.3 is 15.2 Å². The number of thioether (sulfide) groups is 1. The van der Waals surface area contributed by atoms with Crippen LogP contribution in [0.15, 0.2) is 59.8 Å². The number of aliphatic hydroxyl groups excluding tert-OH is 1. The number of hydrogen-bond donors (Lipinski definition) is 2. The number of amides is 1. The summed E-state index contributed by atoms with van der Waals surface area (Å²) >= 11 is 1.59. The van der Waals surface area contributed by atoms with Gasteiger partial charge in [0.25, 0.3) is 5.91 Å². The number of carbonyl (C=O) groups is 1. The van der Waals surface area contributed by atoms with E-state index in [1.165, 1.54) is 11.0 Å². The van der Waals surface area contributed by atoms with Crippen LogP contribution in [0.25, 0.3) is 0 Å². The molecule has 0 aliphatic heterocycles. The molecule has 1 heterocycles. The topological polar surface area (TPSA) is 89.3 Å². The van der Waals surface area contributed by atoms with Crippen LogP contribution in [-0.4, -0.2) is 39.1 Å². The number of nitrogens with one attached hydrogen (secondary N) is 1. The molecule has 0 saturated carbocycles. The third-order valence-electron chi connectivity index (χ3n) is 3.93. The molecule has 0 spiro atoms. The first-order valence-corrected chi connectivity index (χ1v) is 9.48. The summed E-state index contributed by atoms with van der Waals surface area (Å²) in [7, 11) is 1.59. The average Bonchev–Trinajstić information content (AvgIpc) is 3.17. The third-order valence-corrected chi connectivity index (χ3v) is 4.65. The zero-order chi connectivity index (χ0) is 19.2. The highest BCUT2D eigenvalue weighted by atomic mass is 32.2. The van der Waals surface area contributed by atoms with Crippen molar-refractivity contribution in [3.8, 4) is 5.75 Å². The monoisotopic (exact) mass is 384 g/mol. The molecule has 3 aromatic rings. The number of aliphatic hydroxyl groups is 1. The van der Waals surface area contributed by atoms with Crippen LogP contribution in [0.1, 0.15) is 22.3 Å². The lowest BCUT2D eigenvalue weighted by molar-refractivity contribution is 0.101. The lowest BCUT2D eigenvalue weighted by atomic mass is 10.1. The minimum Gasteiger partial charge on any atom is -0.497 e. The maximum atomic E-state index is 12.3. The van der Waals surface area contributed by atoms with Crippen LogP contribution in [0.3, 0.4) is 0 Å². The van der Waals surface area contributed by atoms with Gasteiger partial charge in [0.05, 0.1) is 19.8 Å². The van der Waals surface area contributed by atoms with E-state index in [-0.39, 0.29) is 12.4 Å². The lowest BCUT2D eigenvalue weighted by Gasteiger charge is -2.11. The van der Waals surface area contributed by atoms with Crippen molar-refractivity contribution in [2.45, 2.75) is 17.5 Å². The minimum absolute atomic E-state index is 0.0477. The second-order valence-corrected chi connectivity index (χ2v) is 6.64. The summed E-state index contributed by atoms with van der Waals surface area (Å²) in [6.45, 7) is 0.189. The first kappa shape index (κ1) is 18.9. The van der Waals surface area contributed by atoms with Crippen molar-refractivity contribution in [1.82, 2.24) is 14.8 Å². The number of carbonyl (C=O) groups excluding carboxylic acids is 1. The Morgan fingerprint density at radius 3 is 2.78 bits per heavy atom. The van der Waals surface area contributed by atoms with Crippen LogP contribution in [0.2, 0.25) is 0 Å². The molecule has 0 saturated heterocycles. The third kappa shape index (κ3) is 4.87. The number of anilines is 1. The van der Waals surface area contributed by atoms with E-state index in [0.717, 1.165) is 16.2 Å². The van der Waals surface area contributed by atoms with E-state index < -0.39 is 12.0 Å². The van der Waals surface area contributed by atoms with E-state index in [2.05, 4.69) is 15.4 Å². The Kier molecular flexibility index (Phi) is 6.10. The largest absolute Gasteiger partial charge is 0.497 e. The molecule has 0 aliphatic rings. The summed E-state index contributed by atoms with van der Waals surface area (Å²) in [4.78, 5) is 17.4. The van der Waals surface area contributed by atoms with Gasteiger partial charge in [-0.2, -0.15) is 0 Å². The molecule has 2 N–H and O–H groups in total. The standard InChI is InChI=1S/C19H20N4O3S/c1-26-15-8-6-13(7-9-15)17(24)11-23-12-20-18(22-23)19(25)21-14-4-3-5-16(10-14)27-2/h3-10,12,17,24H,11H2,1-2H3,(H,21,25)/t17-/m0/s1. The molecule has 27 heavy (non-hydrogen) atoms. The number of methoxy groups -OCH3 is 1. The van der Waals surface area contributed by atoms with Crippen molar-refractivity contribution in [3.05, 3.63) is 66.2 Å². The predicted octanol–water partition coefficient (Wildman–Crippen LogP) is 2.99. The van der Waals surface area contributed by atoms with Crippen molar-refractivity contribution >= 4 is 23.4 Å². The SMILES string of the molecule is COc1ccc([C@@H](O)Cn2cnc(C(=O)Nc3cccc(SC)c3)n2)cc1. The summed E-state index contributed by atoms with van der Waals surface area (Å²) in [5, 5.41) is 17.3. The van der Waals surface area contributed by atoms with Gasteiger partial charge in [-0.05, 0) is 42.2 Å². The number of hydrogen-bond acceptors (Lipinski definition) is 6. The van der Waals surface area contributed by atoms with Gasteiger partial charge in [0.2, 0.25) is 5.82 Å². The zero-order valence-corrected chi connectivity index (χ0v) is 15.8. The molecule has 1 aromatic heterocycles. The molecule has 0 radical (unpaired) electrons. The van der Waals surface area contributed by atoms with Gasteiger partial charge in [0.15, 0.2) is 0 Å². The van der Waals surface area contributed by atoms with E-state index >= 15 is 0 Å². The smallest absolute Gasteiger partial charge is 0.295 e. The Morgan fingerprint density at radius 2 is 2.07 bits per heavy atom. The summed E-state index contributed by atoms with van der Waals surface area (Å²) < 4.78 is 6.55. The molecule has 1 atom stereocenters. The number of nitrogens with zero attached hydrogens (tertiary/aromatic N) is 3. The van der Waals surface area contributed by atoms with Gasteiger partial charge in [0.1, 0.15) is 12.1 Å². The molecule has 140 valence electrons. The molecular formula is C19H20N4O3S. The minimum atomic E-state index is -0.772. The fraction of sp³-hybridized carbons (Fsp3) is 0.211. The van der Waals surface area contributed by atoms with Gasteiger partial charge in [0, 0.05) is 10.6 Å². The van der Waals surface area contributed by atoms with Gasteiger partial charge >= 0.3 is 0 Å². The van der Waals surface area contributed by atoms with E-state index in [9.17, 15) is 9.90 Å². The molecule has 1 amide bonds. The van der Waals surface area contributed by atoms with Crippen molar-refractivity contribution in [2.75, 3.05) is 18.7 Å². The molecule has 0 bridgehead atoms. The quantitative estimate of drug-likeness (QED) is 0.609. The molecule has 0 fully saturated rings. The van der Waals surface area contributed by atoms with Crippen LogP contribution in [0.5, 0.6) is 5.75 Å². The number of aromatic nitrogens is 3. The van der Waals surface area contributed by atoms with Gasteiger partial charge in [-0.25, -0.2) is 9.67 Å². The fourth-order valence-corrected chi connectivity index (χ4v) is 2.94. The van der Waals surface area contributed by atoms with Crippen molar-refractivity contribution in [1.29, 1.82) is 0 Å². The Hall–Kier alpha value is -2.84.